The fraction of sp³-hybridized carbons (Fsp3) is 0.176. The average Bonchev–Trinajstić information content (AvgIpc) is 2.64. The summed E-state index contributed by atoms with van der Waals surface area (Å²) in [5.74, 6) is -0.234. The number of hydrogen-bond acceptors (Lipinski definition) is 5. The molecule has 5 nitrogen and oxygen atoms in total. The van der Waals surface area contributed by atoms with Gasteiger partial charge in [0.2, 0.25) is 5.78 Å². The normalized spacial score (nSPS) is 13.7. The first kappa shape index (κ1) is 14.1. The average molecular weight is 297 g/mol. The summed E-state index contributed by atoms with van der Waals surface area (Å²) in [5, 5.41) is 1.90. The molecule has 112 valence electrons. The van der Waals surface area contributed by atoms with Crippen LogP contribution in [0.1, 0.15) is 22.8 Å². The van der Waals surface area contributed by atoms with Gasteiger partial charge in [0.05, 0.1) is 5.56 Å². The molecule has 1 aliphatic rings. The molecule has 1 aliphatic heterocycles. The van der Waals surface area contributed by atoms with Crippen molar-refractivity contribution < 1.29 is 19.2 Å². The third-order valence-corrected chi connectivity index (χ3v) is 3.43. The molecule has 5 heteroatoms. The highest BCUT2D eigenvalue weighted by atomic mass is 16.7. The maximum atomic E-state index is 12.6. The molecule has 2 aromatic rings. The Balaban J connectivity index is 2.04. The third kappa shape index (κ3) is 2.53. The van der Waals surface area contributed by atoms with Crippen LogP contribution in [0.3, 0.4) is 0 Å². The van der Waals surface area contributed by atoms with Crippen LogP contribution in [0.4, 0.5) is 0 Å². The Bertz CT molecular complexity index is 808. The van der Waals surface area contributed by atoms with Crippen molar-refractivity contribution in [1.29, 1.82) is 0 Å². The Morgan fingerprint density at radius 1 is 1.27 bits per heavy atom. The molecule has 0 bridgehead atoms. The largest absolute Gasteiger partial charge is 0.488 e. The Morgan fingerprint density at radius 2 is 2.09 bits per heavy atom. The second-order valence-electron chi connectivity index (χ2n) is 5.12. The van der Waals surface area contributed by atoms with Gasteiger partial charge in [0.15, 0.2) is 0 Å². The maximum absolute atomic E-state index is 12.6. The van der Waals surface area contributed by atoms with Gasteiger partial charge >= 0.3 is 5.97 Å². The SMILES string of the molecule is CC(=O)ONC1=CCOc2c(ccc3cc(C)ccc23)C1=O. The smallest absolute Gasteiger partial charge is 0.329 e. The minimum absolute atomic E-state index is 0.195. The van der Waals surface area contributed by atoms with E-state index < -0.39 is 5.97 Å². The van der Waals surface area contributed by atoms with Crippen LogP contribution >= 0.6 is 0 Å². The molecule has 0 aromatic heterocycles. The number of rotatable bonds is 2. The summed E-state index contributed by atoms with van der Waals surface area (Å²) in [6.07, 6.45) is 1.56. The third-order valence-electron chi connectivity index (χ3n) is 3.43. The summed E-state index contributed by atoms with van der Waals surface area (Å²) in [6.45, 7) is 3.49. The molecule has 0 saturated carbocycles. The number of benzene rings is 2. The number of allylic oxidation sites excluding steroid dienone is 1. The first-order valence-electron chi connectivity index (χ1n) is 6.90. The number of ether oxygens (including phenoxy) is 1. The quantitative estimate of drug-likeness (QED) is 0.863. The molecule has 0 amide bonds. The Kier molecular flexibility index (Phi) is 3.55. The van der Waals surface area contributed by atoms with E-state index in [1.165, 1.54) is 6.92 Å². The Labute approximate surface area is 127 Å². The van der Waals surface area contributed by atoms with Crippen LogP contribution in [0.5, 0.6) is 5.75 Å². The van der Waals surface area contributed by atoms with Crippen LogP contribution in [0, 0.1) is 6.92 Å². The molecule has 0 atom stereocenters. The van der Waals surface area contributed by atoms with Crippen LogP contribution in [0.15, 0.2) is 42.1 Å². The number of carbonyl (C=O) groups is 2. The van der Waals surface area contributed by atoms with Gasteiger partial charge in [-0.25, -0.2) is 5.48 Å². The van der Waals surface area contributed by atoms with E-state index in [1.807, 2.05) is 31.2 Å². The molecule has 0 aliphatic carbocycles. The lowest BCUT2D eigenvalue weighted by atomic mass is 10.0. The van der Waals surface area contributed by atoms with Crippen LogP contribution in [0.2, 0.25) is 0 Å². The standard InChI is InChI=1S/C17H15NO4/c1-10-3-5-13-12(9-10)4-6-14-16(20)15(18-22-11(2)19)7-8-21-17(13)14/h3-7,9,18H,8H2,1-2H3. The summed E-state index contributed by atoms with van der Waals surface area (Å²) in [4.78, 5) is 28.1. The van der Waals surface area contributed by atoms with Gasteiger partial charge in [0.1, 0.15) is 18.1 Å². The van der Waals surface area contributed by atoms with E-state index in [1.54, 1.807) is 12.1 Å². The molecule has 0 radical (unpaired) electrons. The van der Waals surface area contributed by atoms with Crippen molar-refractivity contribution >= 4 is 22.5 Å². The molecular weight excluding hydrogens is 282 g/mol. The molecule has 2 aromatic carbocycles. The van der Waals surface area contributed by atoms with Gasteiger partial charge in [-0.3, -0.25) is 9.59 Å². The van der Waals surface area contributed by atoms with Crippen molar-refractivity contribution in [3.63, 3.8) is 0 Å². The van der Waals surface area contributed by atoms with Crippen molar-refractivity contribution in [3.8, 4) is 5.75 Å². The number of fused-ring (bicyclic) bond motifs is 3. The lowest BCUT2D eigenvalue weighted by Crippen LogP contribution is -2.23. The first-order chi connectivity index (χ1) is 10.6. The highest BCUT2D eigenvalue weighted by Crippen LogP contribution is 2.33. The van der Waals surface area contributed by atoms with Gasteiger partial charge in [0.25, 0.3) is 0 Å². The second-order valence-corrected chi connectivity index (χ2v) is 5.12. The van der Waals surface area contributed by atoms with Gasteiger partial charge in [-0.05, 0) is 24.5 Å². The van der Waals surface area contributed by atoms with Crippen molar-refractivity contribution in [2.45, 2.75) is 13.8 Å². The lowest BCUT2D eigenvalue weighted by Gasteiger charge is -2.11. The molecule has 1 N–H and O–H groups in total. The van der Waals surface area contributed by atoms with Crippen molar-refractivity contribution in [2.24, 2.45) is 0 Å². The fourth-order valence-corrected chi connectivity index (χ4v) is 2.42. The zero-order valence-electron chi connectivity index (χ0n) is 12.3. The van der Waals surface area contributed by atoms with Crippen LogP contribution in [-0.2, 0) is 9.63 Å². The first-order valence-corrected chi connectivity index (χ1v) is 6.90. The zero-order chi connectivity index (χ0) is 15.7. The van der Waals surface area contributed by atoms with Gasteiger partial charge in [-0.15, -0.1) is 0 Å². The number of hydroxylamine groups is 1. The van der Waals surface area contributed by atoms with Crippen molar-refractivity contribution in [2.75, 3.05) is 6.61 Å². The van der Waals surface area contributed by atoms with E-state index in [-0.39, 0.29) is 18.1 Å². The predicted octanol–water partition coefficient (Wildman–Crippen LogP) is 2.67. The molecule has 1 heterocycles. The topological polar surface area (TPSA) is 64.6 Å². The maximum Gasteiger partial charge on any atom is 0.329 e. The Morgan fingerprint density at radius 3 is 2.86 bits per heavy atom. The van der Waals surface area contributed by atoms with Crippen LogP contribution in [0.25, 0.3) is 10.8 Å². The molecule has 3 rings (SSSR count). The van der Waals surface area contributed by atoms with Gasteiger partial charge < -0.3 is 9.57 Å². The molecule has 0 fully saturated rings. The van der Waals surface area contributed by atoms with E-state index in [4.69, 9.17) is 9.57 Å². The zero-order valence-corrected chi connectivity index (χ0v) is 12.3. The molecule has 22 heavy (non-hydrogen) atoms. The molecular formula is C17H15NO4. The Hall–Kier alpha value is -2.82. The number of Topliss-reactive ketones (excluding diaryl/α,β-unsaturated/α-hetero) is 1. The van der Waals surface area contributed by atoms with Crippen LogP contribution < -0.4 is 10.2 Å². The summed E-state index contributed by atoms with van der Waals surface area (Å²) in [6, 6.07) is 9.58. The van der Waals surface area contributed by atoms with Crippen molar-refractivity contribution in [1.82, 2.24) is 5.48 Å². The number of hydrogen-bond donors (Lipinski definition) is 1. The van der Waals surface area contributed by atoms with Gasteiger partial charge in [-0.2, -0.15) is 0 Å². The highest BCUT2D eigenvalue weighted by Gasteiger charge is 2.22. The lowest BCUT2D eigenvalue weighted by molar-refractivity contribution is -0.146. The van der Waals surface area contributed by atoms with Crippen LogP contribution in [-0.4, -0.2) is 18.4 Å². The number of nitrogens with one attached hydrogen (secondary N) is 1. The number of aryl methyl sites for hydroxylation is 1. The summed E-state index contributed by atoms with van der Waals surface area (Å²) < 4.78 is 5.73. The van der Waals surface area contributed by atoms with Crippen molar-refractivity contribution in [3.05, 3.63) is 53.2 Å². The minimum Gasteiger partial charge on any atom is -0.488 e. The van der Waals surface area contributed by atoms with E-state index in [2.05, 4.69) is 5.48 Å². The molecule has 0 saturated heterocycles. The van der Waals surface area contributed by atoms with E-state index in [0.29, 0.717) is 11.3 Å². The minimum atomic E-state index is -0.520. The van der Waals surface area contributed by atoms with E-state index >= 15 is 0 Å². The number of ketones is 1. The summed E-state index contributed by atoms with van der Waals surface area (Å²) in [5.41, 5.74) is 4.17. The summed E-state index contributed by atoms with van der Waals surface area (Å²) >= 11 is 0. The molecule has 0 unspecified atom stereocenters. The van der Waals surface area contributed by atoms with E-state index in [0.717, 1.165) is 16.3 Å². The van der Waals surface area contributed by atoms with E-state index in [9.17, 15) is 9.59 Å². The predicted molar refractivity (Wildman–Crippen MR) is 81.5 cm³/mol. The van der Waals surface area contributed by atoms with Gasteiger partial charge in [0, 0.05) is 12.3 Å². The summed E-state index contributed by atoms with van der Waals surface area (Å²) in [7, 11) is 0. The fourth-order valence-electron chi connectivity index (χ4n) is 2.42. The van der Waals surface area contributed by atoms with Gasteiger partial charge in [-0.1, -0.05) is 29.8 Å². The number of carbonyl (C=O) groups excluding carboxylic acids is 2. The highest BCUT2D eigenvalue weighted by molar-refractivity contribution is 6.13. The monoisotopic (exact) mass is 297 g/mol. The molecule has 0 spiro atoms. The second kappa shape index (κ2) is 5.52.